The molecule has 0 saturated carbocycles. The van der Waals surface area contributed by atoms with E-state index in [2.05, 4.69) is 10.2 Å². The van der Waals surface area contributed by atoms with Gasteiger partial charge in [-0.15, -0.1) is 10.2 Å². The number of anilines is 1. The standard InChI is InChI=1S/C28H19N3O6S2/c32-18-11-10-17(12-19(18)33)23-22(24(34)21-13-16-8-4-5-9-20(16)37-21)25(35)26(36)31(23)27-29-30-28(39-27)38-14-15-6-2-1-3-7-15/h1-13,23,32-33,35H,14H2. The normalized spacial score (nSPS) is 15.4. The summed E-state index contributed by atoms with van der Waals surface area (Å²) in [5.41, 5.74) is 1.60. The average molecular weight is 558 g/mol. The summed E-state index contributed by atoms with van der Waals surface area (Å²) >= 11 is 2.57. The number of carbonyl (C=O) groups excluding carboxylic acids is 2. The first kappa shape index (κ1) is 24.7. The second kappa shape index (κ2) is 9.93. The summed E-state index contributed by atoms with van der Waals surface area (Å²) in [6.45, 7) is 0. The van der Waals surface area contributed by atoms with Crippen molar-refractivity contribution in [3.8, 4) is 11.5 Å². The molecule has 1 unspecified atom stereocenters. The van der Waals surface area contributed by atoms with Gasteiger partial charge in [-0.05, 0) is 35.4 Å². The van der Waals surface area contributed by atoms with Gasteiger partial charge in [0.05, 0.1) is 11.6 Å². The van der Waals surface area contributed by atoms with Crippen molar-refractivity contribution in [2.45, 2.75) is 16.1 Å². The Bertz CT molecular complexity index is 1730. The molecular formula is C28H19N3O6S2. The first-order valence-electron chi connectivity index (χ1n) is 11.7. The third kappa shape index (κ3) is 4.51. The molecule has 0 saturated heterocycles. The number of para-hydroxylation sites is 1. The first-order chi connectivity index (χ1) is 18.9. The molecule has 11 heteroatoms. The number of nitrogens with zero attached hydrogens (tertiary/aromatic N) is 3. The number of hydrogen-bond acceptors (Lipinski definition) is 10. The number of aromatic hydroxyl groups is 2. The highest BCUT2D eigenvalue weighted by atomic mass is 32.2. The van der Waals surface area contributed by atoms with Crippen LogP contribution in [0.4, 0.5) is 5.13 Å². The molecule has 1 amide bonds. The molecule has 0 bridgehead atoms. The van der Waals surface area contributed by atoms with Gasteiger partial charge in [0, 0.05) is 11.1 Å². The van der Waals surface area contributed by atoms with E-state index < -0.39 is 29.2 Å². The van der Waals surface area contributed by atoms with E-state index in [9.17, 15) is 24.9 Å². The van der Waals surface area contributed by atoms with Crippen molar-refractivity contribution in [3.05, 3.63) is 107 Å². The number of aromatic nitrogens is 2. The highest BCUT2D eigenvalue weighted by Gasteiger charge is 2.47. The number of aliphatic hydroxyl groups excluding tert-OH is 1. The maximum Gasteiger partial charge on any atom is 0.296 e. The van der Waals surface area contributed by atoms with Crippen LogP contribution in [0.1, 0.15) is 27.7 Å². The van der Waals surface area contributed by atoms with Gasteiger partial charge in [-0.1, -0.05) is 77.7 Å². The van der Waals surface area contributed by atoms with Crippen molar-refractivity contribution < 1.29 is 29.3 Å². The molecule has 1 atom stereocenters. The van der Waals surface area contributed by atoms with Gasteiger partial charge in [0.15, 0.2) is 27.4 Å². The lowest BCUT2D eigenvalue weighted by Gasteiger charge is -2.24. The number of carbonyl (C=O) groups is 2. The van der Waals surface area contributed by atoms with Crippen molar-refractivity contribution in [1.82, 2.24) is 10.2 Å². The minimum absolute atomic E-state index is 0.0585. The van der Waals surface area contributed by atoms with Crippen LogP contribution in [-0.4, -0.2) is 37.2 Å². The molecule has 2 aromatic heterocycles. The lowest BCUT2D eigenvalue weighted by atomic mass is 9.95. The lowest BCUT2D eigenvalue weighted by molar-refractivity contribution is -0.117. The van der Waals surface area contributed by atoms with E-state index in [4.69, 9.17) is 4.42 Å². The number of benzene rings is 3. The summed E-state index contributed by atoms with van der Waals surface area (Å²) < 4.78 is 6.32. The van der Waals surface area contributed by atoms with Crippen LogP contribution in [-0.2, 0) is 10.5 Å². The number of hydrogen-bond donors (Lipinski definition) is 3. The number of Topliss-reactive ketones (excluding diaryl/α,β-unsaturated/α-hetero) is 1. The minimum Gasteiger partial charge on any atom is -0.504 e. The second-order valence-electron chi connectivity index (χ2n) is 8.69. The summed E-state index contributed by atoms with van der Waals surface area (Å²) in [5, 5.41) is 40.3. The van der Waals surface area contributed by atoms with Crippen LogP contribution in [0, 0.1) is 0 Å². The molecule has 1 aliphatic rings. The van der Waals surface area contributed by atoms with E-state index >= 15 is 0 Å². The maximum absolute atomic E-state index is 13.7. The van der Waals surface area contributed by atoms with Crippen LogP contribution < -0.4 is 4.90 Å². The number of furan rings is 1. The number of ketones is 1. The van der Waals surface area contributed by atoms with Gasteiger partial charge in [0.2, 0.25) is 10.9 Å². The average Bonchev–Trinajstić information content (AvgIpc) is 3.66. The Morgan fingerprint density at radius 3 is 2.49 bits per heavy atom. The SMILES string of the molecule is O=C(C1=C(O)C(=O)N(c2nnc(SCc3ccccc3)s2)C1c1ccc(O)c(O)c1)c1cc2ccccc2o1. The third-order valence-corrected chi connectivity index (χ3v) is 8.35. The van der Waals surface area contributed by atoms with Crippen LogP contribution in [0.5, 0.6) is 11.5 Å². The Labute approximate surface area is 229 Å². The van der Waals surface area contributed by atoms with Gasteiger partial charge in [-0.2, -0.15) is 0 Å². The van der Waals surface area contributed by atoms with Crippen LogP contribution in [0.2, 0.25) is 0 Å². The second-order valence-corrected chi connectivity index (χ2v) is 10.9. The van der Waals surface area contributed by atoms with E-state index in [-0.39, 0.29) is 27.8 Å². The lowest BCUT2D eigenvalue weighted by Crippen LogP contribution is -2.31. The number of phenols is 2. The number of rotatable bonds is 7. The zero-order valence-corrected chi connectivity index (χ0v) is 21.6. The van der Waals surface area contributed by atoms with Crippen molar-refractivity contribution in [3.63, 3.8) is 0 Å². The number of aliphatic hydroxyl groups is 1. The first-order valence-corrected chi connectivity index (χ1v) is 13.5. The quantitative estimate of drug-likeness (QED) is 0.0985. The smallest absolute Gasteiger partial charge is 0.296 e. The molecule has 3 N–H and O–H groups in total. The molecular weight excluding hydrogens is 538 g/mol. The van der Waals surface area contributed by atoms with E-state index in [1.807, 2.05) is 30.3 Å². The zero-order chi connectivity index (χ0) is 27.1. The monoisotopic (exact) mass is 557 g/mol. The van der Waals surface area contributed by atoms with Gasteiger partial charge in [0.25, 0.3) is 5.91 Å². The highest BCUT2D eigenvalue weighted by Crippen LogP contribution is 2.45. The molecule has 0 fully saturated rings. The molecule has 9 nitrogen and oxygen atoms in total. The summed E-state index contributed by atoms with van der Waals surface area (Å²) in [4.78, 5) is 28.3. The molecule has 3 aromatic carbocycles. The highest BCUT2D eigenvalue weighted by molar-refractivity contribution is 8.00. The molecule has 0 radical (unpaired) electrons. The van der Waals surface area contributed by atoms with Gasteiger partial charge >= 0.3 is 0 Å². The predicted octanol–water partition coefficient (Wildman–Crippen LogP) is 5.77. The molecule has 0 spiro atoms. The van der Waals surface area contributed by atoms with Crippen LogP contribution in [0.15, 0.2) is 99.0 Å². The van der Waals surface area contributed by atoms with Crippen molar-refractivity contribution in [2.24, 2.45) is 0 Å². The van der Waals surface area contributed by atoms with E-state index in [0.29, 0.717) is 21.1 Å². The summed E-state index contributed by atoms with van der Waals surface area (Å²) in [7, 11) is 0. The van der Waals surface area contributed by atoms with Crippen LogP contribution >= 0.6 is 23.1 Å². The summed E-state index contributed by atoms with van der Waals surface area (Å²) in [6, 6.07) is 21.2. The molecule has 194 valence electrons. The Morgan fingerprint density at radius 1 is 0.949 bits per heavy atom. The van der Waals surface area contributed by atoms with E-state index in [1.165, 1.54) is 34.9 Å². The fourth-order valence-electron chi connectivity index (χ4n) is 4.36. The molecule has 6 rings (SSSR count). The van der Waals surface area contributed by atoms with Crippen molar-refractivity contribution in [2.75, 3.05) is 4.90 Å². The summed E-state index contributed by atoms with van der Waals surface area (Å²) in [6.07, 6.45) is 0. The molecule has 0 aliphatic carbocycles. The third-order valence-electron chi connectivity index (χ3n) is 6.22. The van der Waals surface area contributed by atoms with Gasteiger partial charge in [0.1, 0.15) is 5.58 Å². The van der Waals surface area contributed by atoms with Crippen molar-refractivity contribution in [1.29, 1.82) is 0 Å². The molecule has 3 heterocycles. The Balaban J connectivity index is 1.39. The van der Waals surface area contributed by atoms with Gasteiger partial charge in [-0.3, -0.25) is 14.5 Å². The molecule has 1 aliphatic heterocycles. The molecule has 39 heavy (non-hydrogen) atoms. The number of thioether (sulfide) groups is 1. The number of phenolic OH excluding ortho intramolecular Hbond substituents is 2. The minimum atomic E-state index is -1.16. The van der Waals surface area contributed by atoms with Gasteiger partial charge < -0.3 is 19.7 Å². The van der Waals surface area contributed by atoms with Crippen LogP contribution in [0.25, 0.3) is 11.0 Å². The zero-order valence-electron chi connectivity index (χ0n) is 20.0. The molecule has 5 aromatic rings. The van der Waals surface area contributed by atoms with Crippen molar-refractivity contribution >= 4 is 50.9 Å². The topological polar surface area (TPSA) is 137 Å². The van der Waals surface area contributed by atoms with E-state index in [1.54, 1.807) is 30.3 Å². The van der Waals surface area contributed by atoms with E-state index in [0.717, 1.165) is 16.9 Å². The van der Waals surface area contributed by atoms with Crippen LogP contribution in [0.3, 0.4) is 0 Å². The fourth-order valence-corrected chi connectivity index (χ4v) is 6.19. The summed E-state index contributed by atoms with van der Waals surface area (Å²) in [5.74, 6) is -2.54. The Morgan fingerprint density at radius 2 is 1.72 bits per heavy atom. The Kier molecular flexibility index (Phi) is 6.29. The Hall–Kier alpha value is -4.61. The largest absolute Gasteiger partial charge is 0.504 e. The fraction of sp³-hybridized carbons (Fsp3) is 0.0714. The predicted molar refractivity (Wildman–Crippen MR) is 146 cm³/mol. The van der Waals surface area contributed by atoms with Gasteiger partial charge in [-0.25, -0.2) is 0 Å². The number of fused-ring (bicyclic) bond motifs is 1. The maximum atomic E-state index is 13.7. The number of amides is 1.